The van der Waals surface area contributed by atoms with E-state index in [4.69, 9.17) is 0 Å². The maximum atomic E-state index is 13.6. The Hall–Kier alpha value is -2.02. The monoisotopic (exact) mass is 391 g/mol. The number of piperidine rings is 1. The van der Waals surface area contributed by atoms with E-state index in [1.807, 2.05) is 0 Å². The van der Waals surface area contributed by atoms with Gasteiger partial charge in [0.1, 0.15) is 5.82 Å². The first-order chi connectivity index (χ1) is 11.6. The summed E-state index contributed by atoms with van der Waals surface area (Å²) in [5.41, 5.74) is 2.84. The largest absolute Gasteiger partial charge is 0.355 e. The van der Waals surface area contributed by atoms with Crippen LogP contribution in [0.25, 0.3) is 0 Å². The normalized spacial score (nSPS) is 26.2. The standard InChI is InChI=1S/C17H15BrFN3O2/c18-9-7-8(1-2-10(9)19)13-14-11(3-5-20-16(14)23)22-12-4-6-21-17(24)15(12)13/h1-2,7,13-14H,3-6H2,(H,20,23)(H,21,24). The van der Waals surface area contributed by atoms with Gasteiger partial charge >= 0.3 is 0 Å². The molecule has 1 saturated heterocycles. The zero-order valence-electron chi connectivity index (χ0n) is 12.7. The minimum absolute atomic E-state index is 0.129. The summed E-state index contributed by atoms with van der Waals surface area (Å²) in [7, 11) is 0. The molecule has 2 unspecified atom stereocenters. The summed E-state index contributed by atoms with van der Waals surface area (Å²) in [6.45, 7) is 1.11. The van der Waals surface area contributed by atoms with Gasteiger partial charge in [-0.2, -0.15) is 0 Å². The first kappa shape index (κ1) is 15.5. The fourth-order valence-electron chi connectivity index (χ4n) is 3.70. The van der Waals surface area contributed by atoms with Crippen molar-refractivity contribution in [2.45, 2.75) is 18.8 Å². The topological polar surface area (TPSA) is 70.6 Å². The van der Waals surface area contributed by atoms with Crippen molar-refractivity contribution < 1.29 is 14.0 Å². The highest BCUT2D eigenvalue weighted by Crippen LogP contribution is 2.43. The van der Waals surface area contributed by atoms with Gasteiger partial charge in [0.05, 0.1) is 16.1 Å². The van der Waals surface area contributed by atoms with Crippen LogP contribution in [0, 0.1) is 11.7 Å². The molecule has 5 nitrogen and oxygen atoms in total. The summed E-state index contributed by atoms with van der Waals surface area (Å²) in [6.07, 6.45) is 1.32. The molecule has 0 spiro atoms. The number of halogens is 2. The van der Waals surface area contributed by atoms with Crippen molar-refractivity contribution in [3.05, 3.63) is 45.3 Å². The summed E-state index contributed by atoms with van der Waals surface area (Å²) in [6, 6.07) is 4.64. The minimum Gasteiger partial charge on any atom is -0.355 e. The summed E-state index contributed by atoms with van der Waals surface area (Å²) < 4.78 is 14.0. The number of aliphatic imine (C=N–C) groups is 1. The Morgan fingerprint density at radius 1 is 1.12 bits per heavy atom. The molecular formula is C17H15BrFN3O2. The van der Waals surface area contributed by atoms with Crippen LogP contribution in [0.3, 0.4) is 0 Å². The van der Waals surface area contributed by atoms with Crippen molar-refractivity contribution >= 4 is 33.5 Å². The molecule has 0 saturated carbocycles. The molecule has 24 heavy (non-hydrogen) atoms. The number of nitrogens with one attached hydrogen (secondary N) is 2. The predicted molar refractivity (Wildman–Crippen MR) is 90.0 cm³/mol. The van der Waals surface area contributed by atoms with Crippen molar-refractivity contribution in [2.75, 3.05) is 13.1 Å². The van der Waals surface area contributed by atoms with Crippen molar-refractivity contribution in [2.24, 2.45) is 10.9 Å². The van der Waals surface area contributed by atoms with Gasteiger partial charge in [0.25, 0.3) is 0 Å². The first-order valence-corrected chi connectivity index (χ1v) is 8.67. The van der Waals surface area contributed by atoms with E-state index in [2.05, 4.69) is 31.6 Å². The lowest BCUT2D eigenvalue weighted by Gasteiger charge is -2.38. The van der Waals surface area contributed by atoms with Gasteiger partial charge in [-0.1, -0.05) is 6.07 Å². The molecule has 3 aliphatic heterocycles. The molecular weight excluding hydrogens is 377 g/mol. The van der Waals surface area contributed by atoms with Crippen LogP contribution in [-0.2, 0) is 9.59 Å². The molecule has 3 aliphatic rings. The average molecular weight is 392 g/mol. The van der Waals surface area contributed by atoms with Gasteiger partial charge in [0.2, 0.25) is 11.8 Å². The third kappa shape index (κ3) is 2.38. The van der Waals surface area contributed by atoms with Crippen LogP contribution >= 0.6 is 15.9 Å². The molecule has 2 amide bonds. The Labute approximate surface area is 146 Å². The Bertz CT molecular complexity index is 818. The lowest BCUT2D eigenvalue weighted by atomic mass is 9.72. The van der Waals surface area contributed by atoms with Crippen molar-refractivity contribution in [3.63, 3.8) is 0 Å². The zero-order chi connectivity index (χ0) is 16.8. The number of carbonyl (C=O) groups excluding carboxylic acids is 2. The number of hydrogen-bond donors (Lipinski definition) is 2. The van der Waals surface area contributed by atoms with E-state index in [1.165, 1.54) is 6.07 Å². The van der Waals surface area contributed by atoms with Crippen molar-refractivity contribution in [1.29, 1.82) is 0 Å². The third-order valence-corrected chi connectivity index (χ3v) is 5.36. The van der Waals surface area contributed by atoms with Gasteiger partial charge in [-0.15, -0.1) is 0 Å². The lowest BCUT2D eigenvalue weighted by Crippen LogP contribution is -2.49. The summed E-state index contributed by atoms with van der Waals surface area (Å²) in [5.74, 6) is -1.65. The van der Waals surface area contributed by atoms with Crippen molar-refractivity contribution in [1.82, 2.24) is 10.6 Å². The fraction of sp³-hybridized carbons (Fsp3) is 0.353. The quantitative estimate of drug-likeness (QED) is 0.768. The fourth-order valence-corrected chi connectivity index (χ4v) is 4.09. The highest BCUT2D eigenvalue weighted by molar-refractivity contribution is 9.10. The van der Waals surface area contributed by atoms with Crippen LogP contribution in [0.4, 0.5) is 4.39 Å². The molecule has 3 heterocycles. The molecule has 0 radical (unpaired) electrons. The van der Waals surface area contributed by atoms with E-state index in [1.54, 1.807) is 12.1 Å². The summed E-state index contributed by atoms with van der Waals surface area (Å²) in [4.78, 5) is 29.6. The third-order valence-electron chi connectivity index (χ3n) is 4.75. The Morgan fingerprint density at radius 2 is 1.92 bits per heavy atom. The lowest BCUT2D eigenvalue weighted by molar-refractivity contribution is -0.124. The highest BCUT2D eigenvalue weighted by Gasteiger charge is 2.45. The maximum Gasteiger partial charge on any atom is 0.249 e. The second kappa shape index (κ2) is 5.81. The second-order valence-corrected chi connectivity index (χ2v) is 6.99. The smallest absolute Gasteiger partial charge is 0.249 e. The van der Waals surface area contributed by atoms with Gasteiger partial charge < -0.3 is 10.6 Å². The molecule has 0 bridgehead atoms. The Kier molecular flexibility index (Phi) is 3.75. The summed E-state index contributed by atoms with van der Waals surface area (Å²) in [5, 5.41) is 5.69. The molecule has 0 aromatic heterocycles. The predicted octanol–water partition coefficient (Wildman–Crippen LogP) is 2.04. The summed E-state index contributed by atoms with van der Waals surface area (Å²) >= 11 is 3.20. The zero-order valence-corrected chi connectivity index (χ0v) is 14.3. The van der Waals surface area contributed by atoms with Crippen molar-refractivity contribution in [3.8, 4) is 0 Å². The average Bonchev–Trinajstić information content (AvgIpc) is 2.56. The van der Waals surface area contributed by atoms with E-state index in [0.29, 0.717) is 36.0 Å². The van der Waals surface area contributed by atoms with Gasteiger partial charge in [0, 0.05) is 43.1 Å². The molecule has 4 rings (SSSR count). The molecule has 2 N–H and O–H groups in total. The van der Waals surface area contributed by atoms with E-state index in [9.17, 15) is 14.0 Å². The number of hydrogen-bond acceptors (Lipinski definition) is 3. The van der Waals surface area contributed by atoms with Crippen LogP contribution in [0.1, 0.15) is 24.3 Å². The van der Waals surface area contributed by atoms with Gasteiger partial charge in [-0.25, -0.2) is 4.39 Å². The number of fused-ring (bicyclic) bond motifs is 1. The SMILES string of the molecule is O=C1NCCC2=C1C(c1ccc(F)c(Br)c1)C1C(=O)NCCC1=N2. The number of nitrogens with zero attached hydrogens (tertiary/aromatic N) is 1. The maximum absolute atomic E-state index is 13.6. The van der Waals surface area contributed by atoms with Crippen LogP contribution < -0.4 is 10.6 Å². The van der Waals surface area contributed by atoms with E-state index < -0.39 is 11.8 Å². The van der Waals surface area contributed by atoms with Crippen LogP contribution in [-0.4, -0.2) is 30.6 Å². The minimum atomic E-state index is -0.515. The Balaban J connectivity index is 1.91. The van der Waals surface area contributed by atoms with Crippen LogP contribution in [0.2, 0.25) is 0 Å². The molecule has 124 valence electrons. The van der Waals surface area contributed by atoms with Gasteiger partial charge in [-0.05, 0) is 33.6 Å². The number of carbonyl (C=O) groups is 2. The number of benzene rings is 1. The molecule has 1 aromatic carbocycles. The van der Waals surface area contributed by atoms with Crippen LogP contribution in [0.5, 0.6) is 0 Å². The Morgan fingerprint density at radius 3 is 2.71 bits per heavy atom. The second-order valence-electron chi connectivity index (χ2n) is 6.14. The highest BCUT2D eigenvalue weighted by atomic mass is 79.9. The van der Waals surface area contributed by atoms with E-state index >= 15 is 0 Å². The molecule has 1 fully saturated rings. The number of amides is 2. The molecule has 0 aliphatic carbocycles. The number of rotatable bonds is 1. The van der Waals surface area contributed by atoms with Crippen LogP contribution in [0.15, 0.2) is 38.9 Å². The molecule has 1 aromatic rings. The van der Waals surface area contributed by atoms with Gasteiger partial charge in [-0.3, -0.25) is 14.6 Å². The van der Waals surface area contributed by atoms with E-state index in [0.717, 1.165) is 17.0 Å². The van der Waals surface area contributed by atoms with E-state index in [-0.39, 0.29) is 17.6 Å². The molecule has 7 heteroatoms. The first-order valence-electron chi connectivity index (χ1n) is 7.87. The van der Waals surface area contributed by atoms with Gasteiger partial charge in [0.15, 0.2) is 0 Å². The molecule has 2 atom stereocenters.